The average Bonchev–Trinajstić information content (AvgIpc) is 2.94. The van der Waals surface area contributed by atoms with E-state index in [2.05, 4.69) is 9.72 Å². The molecule has 0 aliphatic heterocycles. The minimum absolute atomic E-state index is 0.275. The summed E-state index contributed by atoms with van der Waals surface area (Å²) in [5.41, 5.74) is 1.29. The highest BCUT2D eigenvalue weighted by Crippen LogP contribution is 2.17. The summed E-state index contributed by atoms with van der Waals surface area (Å²) in [6, 6.07) is 4.61. The molecule has 0 unspecified atom stereocenters. The fourth-order valence-electron chi connectivity index (χ4n) is 1.95. The molecule has 0 atom stereocenters. The van der Waals surface area contributed by atoms with Crippen molar-refractivity contribution in [1.29, 1.82) is 0 Å². The van der Waals surface area contributed by atoms with Gasteiger partial charge in [0, 0.05) is 18.2 Å². The quantitative estimate of drug-likeness (QED) is 0.766. The predicted molar refractivity (Wildman–Crippen MR) is 74.6 cm³/mol. The Labute approximate surface area is 122 Å². The third-order valence-electron chi connectivity index (χ3n) is 3.11. The van der Waals surface area contributed by atoms with Crippen LogP contribution in [0.4, 0.5) is 4.39 Å². The fraction of sp³-hybridized carbons (Fsp3) is 0.333. The molecule has 21 heavy (non-hydrogen) atoms. The van der Waals surface area contributed by atoms with E-state index in [1.165, 1.54) is 13.2 Å². The van der Waals surface area contributed by atoms with Crippen molar-refractivity contribution < 1.29 is 18.7 Å². The maximum Gasteiger partial charge on any atom is 0.305 e. The van der Waals surface area contributed by atoms with Gasteiger partial charge in [0.05, 0.1) is 39.2 Å². The lowest BCUT2D eigenvalue weighted by Crippen LogP contribution is -2.02. The molecule has 0 radical (unpaired) electrons. The number of benzene rings is 1. The third kappa shape index (κ3) is 4.05. The zero-order valence-electron chi connectivity index (χ0n) is 12.0. The minimum Gasteiger partial charge on any atom is -0.497 e. The molecular weight excluding hydrogens is 275 g/mol. The summed E-state index contributed by atoms with van der Waals surface area (Å²) >= 11 is 0. The molecule has 6 heteroatoms. The molecule has 1 aromatic carbocycles. The van der Waals surface area contributed by atoms with Crippen LogP contribution in [0.5, 0.6) is 5.75 Å². The normalized spacial score (nSPS) is 10.4. The van der Waals surface area contributed by atoms with Crippen LogP contribution in [-0.4, -0.2) is 29.7 Å². The Balaban J connectivity index is 2.03. The van der Waals surface area contributed by atoms with Crippen molar-refractivity contribution >= 4 is 5.97 Å². The predicted octanol–water partition coefficient (Wildman–Crippen LogP) is 2.18. The zero-order chi connectivity index (χ0) is 15.2. The van der Waals surface area contributed by atoms with E-state index in [1.54, 1.807) is 36.3 Å². The molecule has 0 amide bonds. The number of nitrogens with zero attached hydrogens (tertiary/aromatic N) is 2. The van der Waals surface area contributed by atoms with Crippen molar-refractivity contribution in [1.82, 2.24) is 9.55 Å². The largest absolute Gasteiger partial charge is 0.497 e. The van der Waals surface area contributed by atoms with Crippen LogP contribution in [0, 0.1) is 5.82 Å². The van der Waals surface area contributed by atoms with Crippen molar-refractivity contribution in [3.8, 4) is 5.75 Å². The second kappa shape index (κ2) is 6.88. The van der Waals surface area contributed by atoms with Gasteiger partial charge >= 0.3 is 5.97 Å². The number of carbonyl (C=O) groups is 1. The van der Waals surface area contributed by atoms with Gasteiger partial charge in [-0.1, -0.05) is 0 Å². The molecule has 112 valence electrons. The van der Waals surface area contributed by atoms with Crippen molar-refractivity contribution in [2.45, 2.75) is 19.4 Å². The van der Waals surface area contributed by atoms with E-state index in [4.69, 9.17) is 4.74 Å². The highest BCUT2D eigenvalue weighted by atomic mass is 19.1. The second-order valence-electron chi connectivity index (χ2n) is 4.57. The number of hydrogen-bond acceptors (Lipinski definition) is 4. The Bertz CT molecular complexity index is 625. The van der Waals surface area contributed by atoms with Gasteiger partial charge in [-0.25, -0.2) is 9.37 Å². The van der Waals surface area contributed by atoms with Gasteiger partial charge in [0.1, 0.15) is 11.6 Å². The van der Waals surface area contributed by atoms with E-state index in [0.29, 0.717) is 24.3 Å². The molecule has 0 aliphatic rings. The first-order chi connectivity index (χ1) is 10.1. The van der Waals surface area contributed by atoms with Crippen LogP contribution in [0.2, 0.25) is 0 Å². The van der Waals surface area contributed by atoms with Crippen LogP contribution < -0.4 is 4.74 Å². The average molecular weight is 292 g/mol. The van der Waals surface area contributed by atoms with Crippen molar-refractivity contribution in [3.05, 3.63) is 47.8 Å². The topological polar surface area (TPSA) is 53.4 Å². The highest BCUT2D eigenvalue weighted by Gasteiger charge is 2.07. The minimum atomic E-state index is -0.291. The monoisotopic (exact) mass is 292 g/mol. The lowest BCUT2D eigenvalue weighted by Gasteiger charge is -2.06. The second-order valence-corrected chi connectivity index (χ2v) is 4.57. The van der Waals surface area contributed by atoms with E-state index in [1.807, 2.05) is 0 Å². The van der Waals surface area contributed by atoms with E-state index in [-0.39, 0.29) is 18.2 Å². The van der Waals surface area contributed by atoms with Gasteiger partial charge in [0.15, 0.2) is 0 Å². The number of rotatable bonds is 6. The highest BCUT2D eigenvalue weighted by molar-refractivity contribution is 5.69. The molecule has 5 nitrogen and oxygen atoms in total. The molecule has 0 N–H and O–H groups in total. The number of carbonyl (C=O) groups excluding carboxylic acids is 1. The van der Waals surface area contributed by atoms with Gasteiger partial charge in [-0.3, -0.25) is 4.79 Å². The number of methoxy groups -OCH3 is 2. The summed E-state index contributed by atoms with van der Waals surface area (Å²) in [5, 5.41) is 0. The lowest BCUT2D eigenvalue weighted by atomic mass is 10.2. The summed E-state index contributed by atoms with van der Waals surface area (Å²) in [5.74, 6) is 0.0430. The Hall–Kier alpha value is -2.37. The van der Waals surface area contributed by atoms with Crippen LogP contribution >= 0.6 is 0 Å². The van der Waals surface area contributed by atoms with E-state index in [0.717, 1.165) is 5.69 Å². The fourth-order valence-corrected chi connectivity index (χ4v) is 1.95. The first-order valence-electron chi connectivity index (χ1n) is 6.52. The molecule has 0 spiro atoms. The smallest absolute Gasteiger partial charge is 0.305 e. The van der Waals surface area contributed by atoms with Gasteiger partial charge in [0.2, 0.25) is 0 Å². The summed E-state index contributed by atoms with van der Waals surface area (Å²) in [4.78, 5) is 15.3. The summed E-state index contributed by atoms with van der Waals surface area (Å²) in [6.07, 6.45) is 4.19. The number of ether oxygens (including phenoxy) is 2. The summed E-state index contributed by atoms with van der Waals surface area (Å²) in [6.45, 7) is 0.355. The van der Waals surface area contributed by atoms with E-state index >= 15 is 0 Å². The standard InChI is InChI=1S/C15H17FN2O3/c1-20-13-4-5-14(16)11(7-13)8-18-9-12(17-10-18)3-6-15(19)21-2/h4-5,7,9-10H,3,6,8H2,1-2H3. The Kier molecular flexibility index (Phi) is 4.92. The molecule has 2 rings (SSSR count). The first kappa shape index (κ1) is 15.0. The van der Waals surface area contributed by atoms with Crippen molar-refractivity contribution in [2.24, 2.45) is 0 Å². The molecular formula is C15H17FN2O3. The molecule has 0 bridgehead atoms. The number of halogens is 1. The Morgan fingerprint density at radius 3 is 2.90 bits per heavy atom. The summed E-state index contributed by atoms with van der Waals surface area (Å²) in [7, 11) is 2.89. The van der Waals surface area contributed by atoms with Gasteiger partial charge in [-0.05, 0) is 18.2 Å². The molecule has 2 aromatic rings. The lowest BCUT2D eigenvalue weighted by molar-refractivity contribution is -0.140. The number of aromatic nitrogens is 2. The number of imidazole rings is 1. The molecule has 0 saturated carbocycles. The van der Waals surface area contributed by atoms with Crippen LogP contribution in [0.25, 0.3) is 0 Å². The number of esters is 1. The zero-order valence-corrected chi connectivity index (χ0v) is 12.0. The van der Waals surface area contributed by atoms with Crippen LogP contribution in [0.1, 0.15) is 17.7 Å². The number of aryl methyl sites for hydroxylation is 1. The van der Waals surface area contributed by atoms with E-state index < -0.39 is 0 Å². The molecule has 1 heterocycles. The SMILES string of the molecule is COC(=O)CCc1cn(Cc2cc(OC)ccc2F)cn1. The van der Waals surface area contributed by atoms with Crippen molar-refractivity contribution in [3.63, 3.8) is 0 Å². The molecule has 0 fully saturated rings. The molecule has 0 aliphatic carbocycles. The molecule has 0 saturated heterocycles. The Morgan fingerprint density at radius 1 is 1.38 bits per heavy atom. The Morgan fingerprint density at radius 2 is 2.19 bits per heavy atom. The van der Waals surface area contributed by atoms with Crippen LogP contribution in [0.3, 0.4) is 0 Å². The van der Waals surface area contributed by atoms with Crippen LogP contribution in [0.15, 0.2) is 30.7 Å². The van der Waals surface area contributed by atoms with E-state index in [9.17, 15) is 9.18 Å². The third-order valence-corrected chi connectivity index (χ3v) is 3.11. The molecule has 1 aromatic heterocycles. The van der Waals surface area contributed by atoms with Gasteiger partial charge in [-0.2, -0.15) is 0 Å². The van der Waals surface area contributed by atoms with Gasteiger partial charge in [0.25, 0.3) is 0 Å². The maximum atomic E-state index is 13.7. The first-order valence-corrected chi connectivity index (χ1v) is 6.52. The summed E-state index contributed by atoms with van der Waals surface area (Å²) < 4.78 is 25.2. The van der Waals surface area contributed by atoms with Crippen molar-refractivity contribution in [2.75, 3.05) is 14.2 Å². The van der Waals surface area contributed by atoms with Gasteiger partial charge in [-0.15, -0.1) is 0 Å². The van der Waals surface area contributed by atoms with Crippen LogP contribution in [-0.2, 0) is 22.5 Å². The van der Waals surface area contributed by atoms with Gasteiger partial charge < -0.3 is 14.0 Å². The number of hydrogen-bond donors (Lipinski definition) is 0. The maximum absolute atomic E-state index is 13.7.